The van der Waals surface area contributed by atoms with Crippen LogP contribution in [-0.2, 0) is 11.4 Å². The molecule has 0 spiro atoms. The number of methoxy groups -OCH3 is 1. The lowest BCUT2D eigenvalue weighted by Gasteiger charge is -2.14. The maximum atomic E-state index is 13.1. The molecule has 168 valence electrons. The van der Waals surface area contributed by atoms with E-state index in [1.807, 2.05) is 0 Å². The molecule has 0 aromatic heterocycles. The monoisotopic (exact) mass is 547 g/mol. The van der Waals surface area contributed by atoms with Gasteiger partial charge in [-0.25, -0.2) is 9.29 Å². The molecule has 1 fully saturated rings. The molecule has 3 aromatic rings. The first-order valence-electron chi connectivity index (χ1n) is 9.64. The molecule has 2 amide bonds. The van der Waals surface area contributed by atoms with E-state index in [4.69, 9.17) is 21.1 Å². The van der Waals surface area contributed by atoms with Crippen LogP contribution in [0.5, 0.6) is 11.5 Å². The Hall–Kier alpha value is -2.81. The van der Waals surface area contributed by atoms with Gasteiger partial charge < -0.3 is 9.47 Å². The van der Waals surface area contributed by atoms with Crippen molar-refractivity contribution in [3.8, 4) is 11.5 Å². The maximum Gasteiger partial charge on any atom is 0.298 e. The van der Waals surface area contributed by atoms with Gasteiger partial charge in [0.25, 0.3) is 11.1 Å². The third-order valence-corrected chi connectivity index (χ3v) is 6.51. The zero-order valence-electron chi connectivity index (χ0n) is 17.2. The van der Waals surface area contributed by atoms with Gasteiger partial charge in [-0.05, 0) is 81.3 Å². The number of amides is 2. The van der Waals surface area contributed by atoms with Crippen molar-refractivity contribution in [1.82, 2.24) is 0 Å². The van der Waals surface area contributed by atoms with Gasteiger partial charge in [-0.2, -0.15) is 0 Å². The SMILES string of the molecule is COc1cc(/C=C2\SC(=O)N(c3ccccc3Cl)C2=O)cc(Br)c1OCc1ccc(F)cc1. The van der Waals surface area contributed by atoms with Crippen molar-refractivity contribution < 1.29 is 23.5 Å². The van der Waals surface area contributed by atoms with Crippen molar-refractivity contribution >= 4 is 62.2 Å². The molecule has 33 heavy (non-hydrogen) atoms. The Labute approximate surface area is 207 Å². The summed E-state index contributed by atoms with van der Waals surface area (Å²) in [5.74, 6) is 0.122. The summed E-state index contributed by atoms with van der Waals surface area (Å²) >= 11 is 10.5. The predicted molar refractivity (Wildman–Crippen MR) is 131 cm³/mol. The molecule has 0 atom stereocenters. The lowest BCUT2D eigenvalue weighted by atomic mass is 10.1. The summed E-state index contributed by atoms with van der Waals surface area (Å²) < 4.78 is 25.0. The van der Waals surface area contributed by atoms with E-state index in [1.165, 1.54) is 19.2 Å². The molecular weight excluding hydrogens is 533 g/mol. The van der Waals surface area contributed by atoms with E-state index in [0.717, 1.165) is 22.2 Å². The predicted octanol–water partition coefficient (Wildman–Crippen LogP) is 7.07. The van der Waals surface area contributed by atoms with Crippen molar-refractivity contribution in [2.75, 3.05) is 12.0 Å². The summed E-state index contributed by atoms with van der Waals surface area (Å²) in [4.78, 5) is 26.8. The Morgan fingerprint density at radius 3 is 2.55 bits per heavy atom. The van der Waals surface area contributed by atoms with Crippen LogP contribution in [0.4, 0.5) is 14.9 Å². The molecule has 3 aromatic carbocycles. The summed E-state index contributed by atoms with van der Waals surface area (Å²) in [7, 11) is 1.50. The topological polar surface area (TPSA) is 55.8 Å². The Morgan fingerprint density at radius 2 is 1.85 bits per heavy atom. The Bertz CT molecular complexity index is 1270. The van der Waals surface area contributed by atoms with Gasteiger partial charge in [-0.3, -0.25) is 9.59 Å². The van der Waals surface area contributed by atoms with Gasteiger partial charge in [0.2, 0.25) is 0 Å². The maximum absolute atomic E-state index is 13.1. The van der Waals surface area contributed by atoms with Gasteiger partial charge in [0.05, 0.1) is 27.2 Å². The van der Waals surface area contributed by atoms with Crippen molar-refractivity contribution in [3.05, 3.63) is 92.0 Å². The highest BCUT2D eigenvalue weighted by atomic mass is 79.9. The molecule has 9 heteroatoms. The molecule has 1 aliphatic rings. The van der Waals surface area contributed by atoms with Crippen molar-refractivity contribution in [2.45, 2.75) is 6.61 Å². The molecule has 0 unspecified atom stereocenters. The molecule has 1 saturated heterocycles. The molecular formula is C24H16BrClFNO4S. The molecule has 0 aliphatic carbocycles. The van der Waals surface area contributed by atoms with Crippen LogP contribution < -0.4 is 14.4 Å². The Balaban J connectivity index is 1.59. The van der Waals surface area contributed by atoms with E-state index < -0.39 is 11.1 Å². The minimum absolute atomic E-state index is 0.214. The zero-order chi connectivity index (χ0) is 23.5. The van der Waals surface area contributed by atoms with Gasteiger partial charge in [0.1, 0.15) is 12.4 Å². The summed E-state index contributed by atoms with van der Waals surface area (Å²) in [6.07, 6.45) is 1.61. The van der Waals surface area contributed by atoms with Crippen molar-refractivity contribution in [3.63, 3.8) is 0 Å². The minimum Gasteiger partial charge on any atom is -0.493 e. The van der Waals surface area contributed by atoms with Crippen LogP contribution in [0.3, 0.4) is 0 Å². The van der Waals surface area contributed by atoms with E-state index in [9.17, 15) is 14.0 Å². The number of benzene rings is 3. The zero-order valence-corrected chi connectivity index (χ0v) is 20.3. The van der Waals surface area contributed by atoms with Crippen molar-refractivity contribution in [2.24, 2.45) is 0 Å². The van der Waals surface area contributed by atoms with Crippen molar-refractivity contribution in [1.29, 1.82) is 0 Å². The first-order chi connectivity index (χ1) is 15.9. The van der Waals surface area contributed by atoms with Crippen LogP contribution >= 0.6 is 39.3 Å². The van der Waals surface area contributed by atoms with Gasteiger partial charge in [0, 0.05) is 0 Å². The summed E-state index contributed by atoms with van der Waals surface area (Å²) in [6, 6.07) is 16.1. The Kier molecular flexibility index (Phi) is 7.07. The van der Waals surface area contributed by atoms with Crippen LogP contribution in [0.25, 0.3) is 6.08 Å². The van der Waals surface area contributed by atoms with E-state index in [-0.39, 0.29) is 17.3 Å². The smallest absolute Gasteiger partial charge is 0.298 e. The number of para-hydroxylation sites is 1. The second kappa shape index (κ2) is 9.99. The number of imide groups is 1. The third kappa shape index (κ3) is 5.08. The molecule has 5 nitrogen and oxygen atoms in total. The highest BCUT2D eigenvalue weighted by Gasteiger charge is 2.37. The van der Waals surface area contributed by atoms with Gasteiger partial charge in [-0.15, -0.1) is 0 Å². The average molecular weight is 549 g/mol. The fourth-order valence-electron chi connectivity index (χ4n) is 3.16. The first kappa shape index (κ1) is 23.4. The summed E-state index contributed by atoms with van der Waals surface area (Å²) in [6.45, 7) is 0.214. The second-order valence-corrected chi connectivity index (χ2v) is 9.17. The quantitative estimate of drug-likeness (QED) is 0.308. The van der Waals surface area contributed by atoms with Crippen LogP contribution in [0, 0.1) is 5.82 Å². The van der Waals surface area contributed by atoms with Crippen LogP contribution in [0.2, 0.25) is 5.02 Å². The third-order valence-electron chi connectivity index (χ3n) is 4.73. The minimum atomic E-state index is -0.454. The summed E-state index contributed by atoms with van der Waals surface area (Å²) in [5.41, 5.74) is 1.77. The fourth-order valence-corrected chi connectivity index (χ4v) is 4.79. The van der Waals surface area contributed by atoms with Gasteiger partial charge in [0.15, 0.2) is 11.5 Å². The number of thioether (sulfide) groups is 1. The van der Waals surface area contributed by atoms with Crippen LogP contribution in [-0.4, -0.2) is 18.3 Å². The first-order valence-corrected chi connectivity index (χ1v) is 11.6. The van der Waals surface area contributed by atoms with E-state index in [2.05, 4.69) is 15.9 Å². The fraction of sp³-hybridized carbons (Fsp3) is 0.0833. The molecule has 1 aliphatic heterocycles. The molecule has 0 saturated carbocycles. The highest BCUT2D eigenvalue weighted by molar-refractivity contribution is 9.10. The normalized spacial score (nSPS) is 14.8. The number of nitrogens with zero attached hydrogens (tertiary/aromatic N) is 1. The number of hydrogen-bond acceptors (Lipinski definition) is 5. The van der Waals surface area contributed by atoms with E-state index in [0.29, 0.717) is 32.2 Å². The number of carbonyl (C=O) groups excluding carboxylic acids is 2. The number of carbonyl (C=O) groups is 2. The number of rotatable bonds is 6. The number of hydrogen-bond donors (Lipinski definition) is 0. The van der Waals surface area contributed by atoms with Gasteiger partial charge >= 0.3 is 0 Å². The lowest BCUT2D eigenvalue weighted by molar-refractivity contribution is -0.113. The lowest BCUT2D eigenvalue weighted by Crippen LogP contribution is -2.27. The molecule has 0 radical (unpaired) electrons. The molecule has 1 heterocycles. The molecule has 4 rings (SSSR count). The molecule has 0 N–H and O–H groups in total. The average Bonchev–Trinajstić information content (AvgIpc) is 3.07. The summed E-state index contributed by atoms with van der Waals surface area (Å²) in [5, 5.41) is -0.113. The van der Waals surface area contributed by atoms with Crippen LogP contribution in [0.1, 0.15) is 11.1 Å². The van der Waals surface area contributed by atoms with E-state index >= 15 is 0 Å². The highest BCUT2D eigenvalue weighted by Crippen LogP contribution is 2.41. The van der Waals surface area contributed by atoms with E-state index in [1.54, 1.807) is 54.6 Å². The largest absolute Gasteiger partial charge is 0.493 e. The van der Waals surface area contributed by atoms with Gasteiger partial charge in [-0.1, -0.05) is 35.9 Å². The number of halogens is 3. The van der Waals surface area contributed by atoms with Crippen LogP contribution in [0.15, 0.2) is 70.0 Å². The number of anilines is 1. The Morgan fingerprint density at radius 1 is 1.12 bits per heavy atom. The number of ether oxygens (including phenoxy) is 2. The second-order valence-electron chi connectivity index (χ2n) is 6.92. The standard InChI is InChI=1S/C24H16BrClFNO4S/c1-31-20-11-15(10-17(25)22(20)32-13-14-6-8-16(27)9-7-14)12-21-23(29)28(24(30)33-21)19-5-3-2-4-18(19)26/h2-12H,13H2,1H3/b21-12-. The molecule has 0 bridgehead atoms.